The molecule has 1 aromatic heterocycles. The number of anilines is 1. The number of aromatic nitrogens is 1. The van der Waals surface area contributed by atoms with Gasteiger partial charge in [-0.1, -0.05) is 13.0 Å². The summed E-state index contributed by atoms with van der Waals surface area (Å²) >= 11 is 0. The number of piperidine rings is 1. The molecule has 1 saturated heterocycles. The second kappa shape index (κ2) is 4.83. The Morgan fingerprint density at radius 3 is 3.06 bits per heavy atom. The van der Waals surface area contributed by atoms with Crippen LogP contribution in [0.4, 0.5) is 5.82 Å². The van der Waals surface area contributed by atoms with Crippen LogP contribution < -0.4 is 10.6 Å². The Morgan fingerprint density at radius 1 is 1.56 bits per heavy atom. The van der Waals surface area contributed by atoms with Gasteiger partial charge in [0, 0.05) is 30.9 Å². The van der Waals surface area contributed by atoms with Crippen LogP contribution >= 0.6 is 0 Å². The zero-order valence-corrected chi connectivity index (χ0v) is 10.2. The van der Waals surface area contributed by atoms with Crippen molar-refractivity contribution in [3.63, 3.8) is 0 Å². The molecule has 1 aromatic rings. The van der Waals surface area contributed by atoms with Crippen LogP contribution in [0.15, 0.2) is 18.3 Å². The topological polar surface area (TPSA) is 42.2 Å². The van der Waals surface area contributed by atoms with Crippen molar-refractivity contribution in [1.29, 1.82) is 0 Å². The van der Waals surface area contributed by atoms with E-state index in [0.717, 1.165) is 30.4 Å². The van der Waals surface area contributed by atoms with E-state index in [1.165, 1.54) is 12.8 Å². The lowest BCUT2D eigenvalue weighted by Gasteiger charge is -2.33. The molecule has 2 rings (SSSR count). The van der Waals surface area contributed by atoms with Crippen molar-refractivity contribution in [1.82, 2.24) is 4.98 Å². The molecule has 88 valence electrons. The van der Waals surface area contributed by atoms with Crippen molar-refractivity contribution in [2.24, 2.45) is 11.7 Å². The van der Waals surface area contributed by atoms with Crippen LogP contribution in [0.3, 0.4) is 0 Å². The summed E-state index contributed by atoms with van der Waals surface area (Å²) in [7, 11) is 0. The Labute approximate surface area is 97.7 Å². The van der Waals surface area contributed by atoms with Gasteiger partial charge in [-0.3, -0.25) is 0 Å². The van der Waals surface area contributed by atoms with Gasteiger partial charge in [0.15, 0.2) is 0 Å². The maximum absolute atomic E-state index is 5.99. The molecular weight excluding hydrogens is 198 g/mol. The smallest absolute Gasteiger partial charge is 0.133 e. The van der Waals surface area contributed by atoms with Gasteiger partial charge in [0.25, 0.3) is 0 Å². The molecule has 0 spiro atoms. The number of rotatable bonds is 2. The van der Waals surface area contributed by atoms with Crippen LogP contribution in [0.1, 0.15) is 38.3 Å². The average molecular weight is 219 g/mol. The van der Waals surface area contributed by atoms with Crippen LogP contribution in [-0.4, -0.2) is 18.1 Å². The fourth-order valence-electron chi connectivity index (χ4n) is 2.41. The minimum Gasteiger partial charge on any atom is -0.356 e. The van der Waals surface area contributed by atoms with Crippen molar-refractivity contribution in [2.75, 3.05) is 18.0 Å². The van der Waals surface area contributed by atoms with Gasteiger partial charge in [-0.05, 0) is 31.7 Å². The molecule has 16 heavy (non-hydrogen) atoms. The Hall–Kier alpha value is -1.09. The fourth-order valence-corrected chi connectivity index (χ4v) is 2.41. The maximum Gasteiger partial charge on any atom is 0.133 e. The normalized spacial score (nSPS) is 23.2. The highest BCUT2D eigenvalue weighted by atomic mass is 15.2. The van der Waals surface area contributed by atoms with Gasteiger partial charge in [-0.15, -0.1) is 0 Å². The molecule has 1 aliphatic heterocycles. The zero-order valence-electron chi connectivity index (χ0n) is 10.2. The Bertz CT molecular complexity index is 349. The Balaban J connectivity index is 2.25. The summed E-state index contributed by atoms with van der Waals surface area (Å²) < 4.78 is 0. The van der Waals surface area contributed by atoms with Gasteiger partial charge in [-0.25, -0.2) is 4.98 Å². The maximum atomic E-state index is 5.99. The van der Waals surface area contributed by atoms with E-state index in [2.05, 4.69) is 22.9 Å². The number of nitrogens with zero attached hydrogens (tertiary/aromatic N) is 2. The van der Waals surface area contributed by atoms with Crippen LogP contribution in [-0.2, 0) is 0 Å². The molecule has 0 bridgehead atoms. The third-order valence-electron chi connectivity index (χ3n) is 3.26. The summed E-state index contributed by atoms with van der Waals surface area (Å²) in [5, 5.41) is 0. The minimum absolute atomic E-state index is 0.0564. The van der Waals surface area contributed by atoms with Crippen LogP contribution in [0, 0.1) is 5.92 Å². The summed E-state index contributed by atoms with van der Waals surface area (Å²) in [6.45, 7) is 6.55. The molecule has 0 aliphatic carbocycles. The summed E-state index contributed by atoms with van der Waals surface area (Å²) in [6, 6.07) is 4.11. The van der Waals surface area contributed by atoms with Gasteiger partial charge in [-0.2, -0.15) is 0 Å². The van der Waals surface area contributed by atoms with E-state index in [1.54, 1.807) is 0 Å². The third kappa shape index (κ3) is 2.35. The largest absolute Gasteiger partial charge is 0.356 e. The van der Waals surface area contributed by atoms with Crippen LogP contribution in [0.2, 0.25) is 0 Å². The molecule has 2 N–H and O–H groups in total. The lowest BCUT2D eigenvalue weighted by molar-refractivity contribution is 0.443. The second-order valence-corrected chi connectivity index (χ2v) is 4.90. The molecule has 2 unspecified atom stereocenters. The summed E-state index contributed by atoms with van der Waals surface area (Å²) in [5.74, 6) is 1.85. The second-order valence-electron chi connectivity index (χ2n) is 4.90. The van der Waals surface area contributed by atoms with E-state index in [4.69, 9.17) is 5.73 Å². The predicted octanol–water partition coefficient (Wildman–Crippen LogP) is 2.34. The lowest BCUT2D eigenvalue weighted by atomic mass is 9.99. The van der Waals surface area contributed by atoms with Crippen LogP contribution in [0.25, 0.3) is 0 Å². The van der Waals surface area contributed by atoms with E-state index in [0.29, 0.717) is 0 Å². The van der Waals surface area contributed by atoms with E-state index >= 15 is 0 Å². The van der Waals surface area contributed by atoms with E-state index in [1.807, 2.05) is 19.2 Å². The molecule has 0 saturated carbocycles. The third-order valence-corrected chi connectivity index (χ3v) is 3.26. The monoisotopic (exact) mass is 219 g/mol. The average Bonchev–Trinajstić information content (AvgIpc) is 2.29. The molecule has 0 radical (unpaired) electrons. The summed E-state index contributed by atoms with van der Waals surface area (Å²) in [5.41, 5.74) is 7.15. The molecular formula is C13H21N3. The Morgan fingerprint density at radius 2 is 2.38 bits per heavy atom. The minimum atomic E-state index is 0.0564. The molecule has 0 amide bonds. The first-order valence-corrected chi connectivity index (χ1v) is 6.14. The van der Waals surface area contributed by atoms with Crippen molar-refractivity contribution in [3.8, 4) is 0 Å². The molecule has 0 aromatic carbocycles. The first-order valence-electron chi connectivity index (χ1n) is 6.14. The van der Waals surface area contributed by atoms with Gasteiger partial charge < -0.3 is 10.6 Å². The van der Waals surface area contributed by atoms with Gasteiger partial charge >= 0.3 is 0 Å². The predicted molar refractivity (Wildman–Crippen MR) is 67.5 cm³/mol. The van der Waals surface area contributed by atoms with Gasteiger partial charge in [0.1, 0.15) is 5.82 Å². The summed E-state index contributed by atoms with van der Waals surface area (Å²) in [6.07, 6.45) is 4.45. The standard InChI is InChI=1S/C13H21N3/c1-10-5-4-8-16(9-10)13-12(11(2)14)6-3-7-15-13/h3,6-7,10-11H,4-5,8-9,14H2,1-2H3. The van der Waals surface area contributed by atoms with Crippen molar-refractivity contribution in [3.05, 3.63) is 23.9 Å². The highest BCUT2D eigenvalue weighted by molar-refractivity contribution is 5.48. The number of hydrogen-bond acceptors (Lipinski definition) is 3. The highest BCUT2D eigenvalue weighted by Gasteiger charge is 2.20. The number of pyridine rings is 1. The van der Waals surface area contributed by atoms with Gasteiger partial charge in [0.05, 0.1) is 0 Å². The molecule has 3 nitrogen and oxygen atoms in total. The fraction of sp³-hybridized carbons (Fsp3) is 0.615. The van der Waals surface area contributed by atoms with Crippen molar-refractivity contribution < 1.29 is 0 Å². The van der Waals surface area contributed by atoms with Crippen molar-refractivity contribution in [2.45, 2.75) is 32.7 Å². The number of nitrogens with two attached hydrogens (primary N) is 1. The molecule has 1 fully saturated rings. The number of hydrogen-bond donors (Lipinski definition) is 1. The Kier molecular flexibility index (Phi) is 3.44. The molecule has 1 aliphatic rings. The highest BCUT2D eigenvalue weighted by Crippen LogP contribution is 2.26. The lowest BCUT2D eigenvalue weighted by Crippen LogP contribution is -2.35. The molecule has 3 heteroatoms. The van der Waals surface area contributed by atoms with Crippen LogP contribution in [0.5, 0.6) is 0 Å². The molecule has 2 heterocycles. The SMILES string of the molecule is CC1CCCN(c2ncccc2C(C)N)C1. The zero-order chi connectivity index (χ0) is 11.5. The van der Waals surface area contributed by atoms with E-state index in [9.17, 15) is 0 Å². The first-order chi connectivity index (χ1) is 7.68. The first kappa shape index (κ1) is 11.4. The van der Waals surface area contributed by atoms with Crippen molar-refractivity contribution >= 4 is 5.82 Å². The van der Waals surface area contributed by atoms with E-state index < -0.39 is 0 Å². The quantitative estimate of drug-likeness (QED) is 0.830. The van der Waals surface area contributed by atoms with Gasteiger partial charge in [0.2, 0.25) is 0 Å². The summed E-state index contributed by atoms with van der Waals surface area (Å²) in [4.78, 5) is 6.89. The van der Waals surface area contributed by atoms with E-state index in [-0.39, 0.29) is 6.04 Å². The molecule has 2 atom stereocenters.